The molecule has 1 amide bonds. The van der Waals surface area contributed by atoms with E-state index in [2.05, 4.69) is 58.5 Å². The van der Waals surface area contributed by atoms with E-state index in [1.54, 1.807) is 0 Å². The van der Waals surface area contributed by atoms with Crippen LogP contribution in [0.1, 0.15) is 61.5 Å². The Bertz CT molecular complexity index is 1450. The third-order valence-electron chi connectivity index (χ3n) is 8.17. The van der Waals surface area contributed by atoms with Crippen LogP contribution in [0.3, 0.4) is 0 Å². The fourth-order valence-electron chi connectivity index (χ4n) is 6.29. The molecule has 3 atom stereocenters. The molecule has 196 valence electrons. The number of carbonyl (C=O) groups excluding carboxylic acids is 1. The van der Waals surface area contributed by atoms with E-state index in [0.29, 0.717) is 22.7 Å². The maximum atomic E-state index is 13.4. The van der Waals surface area contributed by atoms with Crippen LogP contribution in [-0.2, 0) is 0 Å². The van der Waals surface area contributed by atoms with Gasteiger partial charge >= 0.3 is 0 Å². The first-order valence-corrected chi connectivity index (χ1v) is 13.9. The van der Waals surface area contributed by atoms with Crippen LogP contribution in [0.5, 0.6) is 0 Å². The summed E-state index contributed by atoms with van der Waals surface area (Å²) in [6, 6.07) is 22.5. The topological polar surface area (TPSA) is 81.2 Å². The molecule has 0 saturated carbocycles. The summed E-state index contributed by atoms with van der Waals surface area (Å²) in [7, 11) is 0. The van der Waals surface area contributed by atoms with E-state index in [1.807, 2.05) is 42.5 Å². The predicted molar refractivity (Wildman–Crippen MR) is 153 cm³/mol. The molecule has 2 saturated heterocycles. The van der Waals surface area contributed by atoms with Gasteiger partial charge in [0, 0.05) is 39.3 Å². The minimum Gasteiger partial charge on any atom is -0.393 e. The van der Waals surface area contributed by atoms with Gasteiger partial charge in [-0.2, -0.15) is 5.10 Å². The highest BCUT2D eigenvalue weighted by Gasteiger charge is 2.40. The van der Waals surface area contributed by atoms with Crippen LogP contribution in [0, 0.1) is 5.92 Å². The van der Waals surface area contributed by atoms with Crippen molar-refractivity contribution in [1.82, 2.24) is 15.5 Å². The smallest absolute Gasteiger partial charge is 0.251 e. The maximum absolute atomic E-state index is 13.4. The van der Waals surface area contributed by atoms with Crippen LogP contribution >= 0.6 is 11.6 Å². The second kappa shape index (κ2) is 10.1. The summed E-state index contributed by atoms with van der Waals surface area (Å²) in [6.07, 6.45) is 3.81. The van der Waals surface area contributed by atoms with Gasteiger partial charge in [0.2, 0.25) is 0 Å². The van der Waals surface area contributed by atoms with Crippen LogP contribution in [0.4, 0.5) is 5.69 Å². The number of anilines is 1. The molecule has 2 aliphatic heterocycles. The summed E-state index contributed by atoms with van der Waals surface area (Å²) in [6.45, 7) is 4.15. The number of halogens is 1. The Labute approximate surface area is 228 Å². The average molecular weight is 529 g/mol. The van der Waals surface area contributed by atoms with E-state index in [4.69, 9.17) is 11.6 Å². The lowest BCUT2D eigenvalue weighted by Gasteiger charge is -2.39. The Kier molecular flexibility index (Phi) is 6.62. The van der Waals surface area contributed by atoms with Crippen LogP contribution in [0.25, 0.3) is 22.2 Å². The molecule has 6 rings (SSSR count). The minimum atomic E-state index is -0.200. The molecule has 2 aliphatic rings. The zero-order valence-electron chi connectivity index (χ0n) is 21.7. The Hall–Kier alpha value is -3.35. The van der Waals surface area contributed by atoms with E-state index >= 15 is 0 Å². The summed E-state index contributed by atoms with van der Waals surface area (Å²) < 4.78 is 0. The lowest BCUT2D eigenvalue weighted by Crippen LogP contribution is -2.44. The summed E-state index contributed by atoms with van der Waals surface area (Å²) in [5.41, 5.74) is 5.41. The van der Waals surface area contributed by atoms with Crippen molar-refractivity contribution in [2.75, 3.05) is 4.90 Å². The van der Waals surface area contributed by atoms with Crippen molar-refractivity contribution >= 4 is 34.1 Å². The van der Waals surface area contributed by atoms with Gasteiger partial charge in [-0.25, -0.2) is 0 Å². The molecule has 7 heteroatoms. The first-order chi connectivity index (χ1) is 18.4. The average Bonchev–Trinajstić information content (AvgIpc) is 3.45. The quantitative estimate of drug-likeness (QED) is 0.267. The van der Waals surface area contributed by atoms with Crippen molar-refractivity contribution in [2.45, 2.75) is 63.8 Å². The lowest BCUT2D eigenvalue weighted by molar-refractivity contribution is 0.0925. The Balaban J connectivity index is 1.26. The number of hydrogen-bond acceptors (Lipinski definition) is 4. The highest BCUT2D eigenvalue weighted by atomic mass is 35.5. The Morgan fingerprint density at radius 3 is 2.45 bits per heavy atom. The van der Waals surface area contributed by atoms with Crippen LogP contribution in [0.2, 0.25) is 5.02 Å². The van der Waals surface area contributed by atoms with Gasteiger partial charge in [-0.05, 0) is 73.6 Å². The molecular weight excluding hydrogens is 496 g/mol. The van der Waals surface area contributed by atoms with E-state index in [-0.39, 0.29) is 24.0 Å². The number of nitrogens with one attached hydrogen (secondary N) is 2. The number of benzene rings is 3. The number of carbonyl (C=O) groups is 1. The first-order valence-electron chi connectivity index (χ1n) is 13.5. The molecule has 2 bridgehead atoms. The molecule has 6 nitrogen and oxygen atoms in total. The molecule has 38 heavy (non-hydrogen) atoms. The number of aromatic nitrogens is 2. The van der Waals surface area contributed by atoms with Gasteiger partial charge in [-0.3, -0.25) is 9.89 Å². The fraction of sp³-hybridized carbons (Fsp3) is 0.355. The maximum Gasteiger partial charge on any atom is 0.251 e. The van der Waals surface area contributed by atoms with Crippen molar-refractivity contribution in [3.63, 3.8) is 0 Å². The second-order valence-corrected chi connectivity index (χ2v) is 11.4. The summed E-state index contributed by atoms with van der Waals surface area (Å²) in [4.78, 5) is 15.9. The fourth-order valence-corrected chi connectivity index (χ4v) is 6.55. The number of aromatic amines is 1. The van der Waals surface area contributed by atoms with Crippen molar-refractivity contribution in [3.05, 3.63) is 82.9 Å². The van der Waals surface area contributed by atoms with E-state index in [9.17, 15) is 9.90 Å². The molecule has 2 unspecified atom stereocenters. The second-order valence-electron chi connectivity index (χ2n) is 11.0. The number of hydrogen-bond donors (Lipinski definition) is 3. The molecule has 3 N–H and O–H groups in total. The van der Waals surface area contributed by atoms with E-state index in [0.717, 1.165) is 53.4 Å². The molecule has 3 aromatic carbocycles. The largest absolute Gasteiger partial charge is 0.393 e. The third kappa shape index (κ3) is 4.56. The third-order valence-corrected chi connectivity index (χ3v) is 8.51. The lowest BCUT2D eigenvalue weighted by atomic mass is 9.95. The predicted octanol–water partition coefficient (Wildman–Crippen LogP) is 6.50. The molecule has 0 aliphatic carbocycles. The van der Waals surface area contributed by atoms with Gasteiger partial charge in [0.15, 0.2) is 0 Å². The minimum absolute atomic E-state index is 0.143. The first kappa shape index (κ1) is 25.0. The van der Waals surface area contributed by atoms with Gasteiger partial charge in [0.05, 0.1) is 23.4 Å². The summed E-state index contributed by atoms with van der Waals surface area (Å²) in [5.74, 6) is 0.0276. The van der Waals surface area contributed by atoms with Gasteiger partial charge < -0.3 is 15.3 Å². The molecular formula is C31H33ClN4O2. The van der Waals surface area contributed by atoms with Gasteiger partial charge in [0.1, 0.15) is 0 Å². The number of fused-ring (bicyclic) bond motifs is 3. The van der Waals surface area contributed by atoms with Gasteiger partial charge in [0.25, 0.3) is 5.91 Å². The molecule has 0 spiro atoms. The monoisotopic (exact) mass is 528 g/mol. The normalized spacial score (nSPS) is 21.7. The SMILES string of the molecule is CC(C)[C@H](NC(=O)c1ccc2[nH]nc(-c3ccc(N4C5CCC4CC(O)C5)cc3)c2c1)c1ccccc1Cl. The number of amides is 1. The number of nitrogens with zero attached hydrogens (tertiary/aromatic N) is 2. The zero-order valence-corrected chi connectivity index (χ0v) is 22.4. The van der Waals surface area contributed by atoms with Crippen molar-refractivity contribution < 1.29 is 9.90 Å². The van der Waals surface area contributed by atoms with Crippen molar-refractivity contribution in [2.24, 2.45) is 5.92 Å². The van der Waals surface area contributed by atoms with Crippen LogP contribution < -0.4 is 10.2 Å². The van der Waals surface area contributed by atoms with Crippen LogP contribution in [-0.4, -0.2) is 39.4 Å². The van der Waals surface area contributed by atoms with Crippen LogP contribution in [0.15, 0.2) is 66.7 Å². The standard InChI is InChI=1S/C31H33ClN4O2/c1-18(2)29(25-5-3-4-6-27(25)32)33-31(38)20-9-14-28-26(15-20)30(35-34-28)19-7-10-21(11-8-19)36-22-12-13-23(36)17-24(37)16-22/h3-11,14-15,18,22-24,29,37H,12-13,16-17H2,1-2H3,(H,33,38)(H,34,35)/t22?,23?,24?,29-/m0/s1. The van der Waals surface area contributed by atoms with Gasteiger partial charge in [-0.15, -0.1) is 0 Å². The van der Waals surface area contributed by atoms with Crippen molar-refractivity contribution in [1.29, 1.82) is 0 Å². The van der Waals surface area contributed by atoms with E-state index in [1.165, 1.54) is 5.69 Å². The molecule has 4 aromatic rings. The molecule has 2 fully saturated rings. The Morgan fingerprint density at radius 1 is 1.05 bits per heavy atom. The van der Waals surface area contributed by atoms with Gasteiger partial charge in [-0.1, -0.05) is 55.8 Å². The highest BCUT2D eigenvalue weighted by Crippen LogP contribution is 2.40. The van der Waals surface area contributed by atoms with E-state index < -0.39 is 0 Å². The molecule has 0 radical (unpaired) electrons. The molecule has 3 heterocycles. The summed E-state index contributed by atoms with van der Waals surface area (Å²) in [5, 5.41) is 22.6. The number of piperidine rings is 1. The number of aliphatic hydroxyl groups is 1. The van der Waals surface area contributed by atoms with Crippen molar-refractivity contribution in [3.8, 4) is 11.3 Å². The molecule has 1 aromatic heterocycles. The Morgan fingerprint density at radius 2 is 1.76 bits per heavy atom. The number of H-pyrrole nitrogens is 1. The highest BCUT2D eigenvalue weighted by molar-refractivity contribution is 6.31. The number of rotatable bonds is 6. The zero-order chi connectivity index (χ0) is 26.4. The summed E-state index contributed by atoms with van der Waals surface area (Å²) >= 11 is 6.45. The number of aliphatic hydroxyl groups excluding tert-OH is 1.